The van der Waals surface area contributed by atoms with E-state index in [1.807, 2.05) is 50.2 Å². The molecule has 146 valence electrons. The standard InChI is InChI=1S/C24H22N2O3/c1-15-5-10-21-19(12-15)20(14-22(26-21)23-4-3-11-29-23)24(28)25-16(2)13-17-6-8-18(27)9-7-17/h3-12,14,16,27H,13H2,1-2H3,(H,25,28). The van der Waals surface area contributed by atoms with Crippen LogP contribution in [0.1, 0.15) is 28.4 Å². The van der Waals surface area contributed by atoms with E-state index in [4.69, 9.17) is 4.42 Å². The number of amides is 1. The number of aromatic nitrogens is 1. The lowest BCUT2D eigenvalue weighted by atomic mass is 10.0. The van der Waals surface area contributed by atoms with Crippen LogP contribution in [-0.2, 0) is 6.42 Å². The highest BCUT2D eigenvalue weighted by molar-refractivity contribution is 6.07. The highest BCUT2D eigenvalue weighted by atomic mass is 16.3. The van der Waals surface area contributed by atoms with Gasteiger partial charge in [-0.15, -0.1) is 0 Å². The summed E-state index contributed by atoms with van der Waals surface area (Å²) in [6.45, 7) is 3.96. The van der Waals surface area contributed by atoms with Crippen LogP contribution >= 0.6 is 0 Å². The monoisotopic (exact) mass is 386 g/mol. The van der Waals surface area contributed by atoms with Gasteiger partial charge < -0.3 is 14.8 Å². The Kier molecular flexibility index (Phi) is 5.04. The Labute approximate surface area is 169 Å². The number of nitrogens with one attached hydrogen (secondary N) is 1. The molecule has 0 spiro atoms. The molecule has 2 N–H and O–H groups in total. The number of furan rings is 1. The zero-order chi connectivity index (χ0) is 20.4. The van der Waals surface area contributed by atoms with Gasteiger partial charge in [-0.3, -0.25) is 4.79 Å². The number of fused-ring (bicyclic) bond motifs is 1. The van der Waals surface area contributed by atoms with Crippen molar-refractivity contribution in [1.82, 2.24) is 10.3 Å². The number of aromatic hydroxyl groups is 1. The van der Waals surface area contributed by atoms with Gasteiger partial charge in [-0.1, -0.05) is 23.8 Å². The van der Waals surface area contributed by atoms with Gasteiger partial charge in [-0.05, 0) is 68.3 Å². The number of rotatable bonds is 5. The maximum absolute atomic E-state index is 13.1. The van der Waals surface area contributed by atoms with Crippen molar-refractivity contribution in [2.75, 3.05) is 0 Å². The molecule has 0 fully saturated rings. The van der Waals surface area contributed by atoms with E-state index in [9.17, 15) is 9.90 Å². The minimum Gasteiger partial charge on any atom is -0.508 e. The normalized spacial score (nSPS) is 12.1. The molecule has 0 saturated heterocycles. The summed E-state index contributed by atoms with van der Waals surface area (Å²) in [5.41, 5.74) is 4.06. The lowest BCUT2D eigenvalue weighted by Gasteiger charge is -2.16. The van der Waals surface area contributed by atoms with Gasteiger partial charge in [0, 0.05) is 11.4 Å². The number of hydrogen-bond donors (Lipinski definition) is 2. The van der Waals surface area contributed by atoms with Crippen LogP contribution in [0.5, 0.6) is 5.75 Å². The summed E-state index contributed by atoms with van der Waals surface area (Å²) in [6, 6.07) is 18.2. The molecule has 4 aromatic rings. The summed E-state index contributed by atoms with van der Waals surface area (Å²) in [5, 5.41) is 13.3. The molecule has 1 atom stereocenters. The summed E-state index contributed by atoms with van der Waals surface area (Å²) in [5.74, 6) is 0.704. The van der Waals surface area contributed by atoms with Gasteiger partial charge >= 0.3 is 0 Å². The largest absolute Gasteiger partial charge is 0.508 e. The number of aryl methyl sites for hydroxylation is 1. The zero-order valence-electron chi connectivity index (χ0n) is 16.3. The van der Waals surface area contributed by atoms with E-state index >= 15 is 0 Å². The van der Waals surface area contributed by atoms with E-state index in [0.29, 0.717) is 23.4 Å². The van der Waals surface area contributed by atoms with Gasteiger partial charge in [0.1, 0.15) is 11.4 Å². The summed E-state index contributed by atoms with van der Waals surface area (Å²) in [4.78, 5) is 17.8. The Balaban J connectivity index is 1.65. The van der Waals surface area contributed by atoms with Gasteiger partial charge in [-0.25, -0.2) is 4.98 Å². The van der Waals surface area contributed by atoms with Crippen molar-refractivity contribution < 1.29 is 14.3 Å². The van der Waals surface area contributed by atoms with Crippen molar-refractivity contribution >= 4 is 16.8 Å². The fourth-order valence-electron chi connectivity index (χ4n) is 3.42. The van der Waals surface area contributed by atoms with Crippen molar-refractivity contribution in [2.45, 2.75) is 26.3 Å². The van der Waals surface area contributed by atoms with Crippen LogP contribution in [0.3, 0.4) is 0 Å². The summed E-state index contributed by atoms with van der Waals surface area (Å²) < 4.78 is 5.48. The molecule has 1 unspecified atom stereocenters. The molecule has 2 heterocycles. The fourth-order valence-corrected chi connectivity index (χ4v) is 3.42. The predicted molar refractivity (Wildman–Crippen MR) is 113 cm³/mol. The van der Waals surface area contributed by atoms with E-state index in [1.165, 1.54) is 0 Å². The lowest BCUT2D eigenvalue weighted by Crippen LogP contribution is -2.34. The van der Waals surface area contributed by atoms with Crippen LogP contribution in [-0.4, -0.2) is 22.0 Å². The second-order valence-electron chi connectivity index (χ2n) is 7.30. The minimum absolute atomic E-state index is 0.0767. The van der Waals surface area contributed by atoms with E-state index in [2.05, 4.69) is 10.3 Å². The van der Waals surface area contributed by atoms with Gasteiger partial charge in [0.05, 0.1) is 17.3 Å². The highest BCUT2D eigenvalue weighted by Gasteiger charge is 2.17. The third-order valence-corrected chi connectivity index (χ3v) is 4.84. The first-order valence-corrected chi connectivity index (χ1v) is 9.53. The molecule has 0 aliphatic carbocycles. The van der Waals surface area contributed by atoms with Crippen LogP contribution in [0.4, 0.5) is 0 Å². The highest BCUT2D eigenvalue weighted by Crippen LogP contribution is 2.26. The number of carbonyl (C=O) groups is 1. The number of phenolic OH excluding ortho intramolecular Hbond substituents is 1. The average molecular weight is 386 g/mol. The molecule has 4 rings (SSSR count). The van der Waals surface area contributed by atoms with E-state index in [1.54, 1.807) is 30.5 Å². The maximum atomic E-state index is 13.1. The first kappa shape index (κ1) is 18.7. The van der Waals surface area contributed by atoms with E-state index in [0.717, 1.165) is 22.0 Å². The summed E-state index contributed by atoms with van der Waals surface area (Å²) in [7, 11) is 0. The lowest BCUT2D eigenvalue weighted by molar-refractivity contribution is 0.0941. The SMILES string of the molecule is Cc1ccc2nc(-c3ccco3)cc(C(=O)NC(C)Cc3ccc(O)cc3)c2c1. The molecule has 29 heavy (non-hydrogen) atoms. The van der Waals surface area contributed by atoms with Crippen LogP contribution in [0.2, 0.25) is 0 Å². The van der Waals surface area contributed by atoms with Crippen LogP contribution in [0.15, 0.2) is 71.3 Å². The average Bonchev–Trinajstić information content (AvgIpc) is 3.23. The number of benzene rings is 2. The van der Waals surface area contributed by atoms with E-state index < -0.39 is 0 Å². The summed E-state index contributed by atoms with van der Waals surface area (Å²) >= 11 is 0. The molecule has 0 aliphatic rings. The Bertz CT molecular complexity index is 1150. The first-order valence-electron chi connectivity index (χ1n) is 9.53. The topological polar surface area (TPSA) is 75.4 Å². The number of phenols is 1. The molecular weight excluding hydrogens is 364 g/mol. The Morgan fingerprint density at radius 1 is 1.14 bits per heavy atom. The smallest absolute Gasteiger partial charge is 0.252 e. The third kappa shape index (κ3) is 4.14. The fraction of sp³-hybridized carbons (Fsp3) is 0.167. The van der Waals surface area contributed by atoms with Gasteiger partial charge in [-0.2, -0.15) is 0 Å². The molecule has 0 radical (unpaired) electrons. The number of carbonyl (C=O) groups excluding carboxylic acids is 1. The molecule has 0 aliphatic heterocycles. The molecule has 5 nitrogen and oxygen atoms in total. The van der Waals surface area contributed by atoms with Crippen LogP contribution < -0.4 is 5.32 Å². The first-order chi connectivity index (χ1) is 14.0. The minimum atomic E-state index is -0.151. The zero-order valence-corrected chi connectivity index (χ0v) is 16.3. The maximum Gasteiger partial charge on any atom is 0.252 e. The van der Waals surface area contributed by atoms with Gasteiger partial charge in [0.2, 0.25) is 0 Å². The van der Waals surface area contributed by atoms with Crippen LogP contribution in [0, 0.1) is 6.92 Å². The van der Waals surface area contributed by atoms with Crippen molar-refractivity contribution in [1.29, 1.82) is 0 Å². The quantitative estimate of drug-likeness (QED) is 0.513. The second-order valence-corrected chi connectivity index (χ2v) is 7.30. The van der Waals surface area contributed by atoms with Crippen molar-refractivity contribution in [3.63, 3.8) is 0 Å². The molecule has 0 bridgehead atoms. The van der Waals surface area contributed by atoms with E-state index in [-0.39, 0.29) is 17.7 Å². The molecular formula is C24H22N2O3. The Morgan fingerprint density at radius 3 is 2.66 bits per heavy atom. The van der Waals surface area contributed by atoms with Gasteiger partial charge in [0.25, 0.3) is 5.91 Å². The Morgan fingerprint density at radius 2 is 1.93 bits per heavy atom. The van der Waals surface area contributed by atoms with Crippen molar-refractivity contribution in [3.8, 4) is 17.2 Å². The predicted octanol–water partition coefficient (Wildman–Crippen LogP) is 4.87. The third-order valence-electron chi connectivity index (χ3n) is 4.84. The van der Waals surface area contributed by atoms with Crippen LogP contribution in [0.25, 0.3) is 22.4 Å². The molecule has 5 heteroatoms. The van der Waals surface area contributed by atoms with Crippen molar-refractivity contribution in [3.05, 3.63) is 83.6 Å². The second kappa shape index (κ2) is 7.80. The molecule has 1 amide bonds. The molecule has 2 aromatic heterocycles. The van der Waals surface area contributed by atoms with Crippen molar-refractivity contribution in [2.24, 2.45) is 0 Å². The molecule has 0 saturated carbocycles. The Hall–Kier alpha value is -3.60. The molecule has 2 aromatic carbocycles. The number of pyridine rings is 1. The number of nitrogens with zero attached hydrogens (tertiary/aromatic N) is 1. The number of hydrogen-bond acceptors (Lipinski definition) is 4. The summed E-state index contributed by atoms with van der Waals surface area (Å²) in [6.07, 6.45) is 2.26. The van der Waals surface area contributed by atoms with Gasteiger partial charge in [0.15, 0.2) is 5.76 Å².